The fourth-order valence-corrected chi connectivity index (χ4v) is 2.73. The molecule has 2 aliphatic heterocycles. The predicted octanol–water partition coefficient (Wildman–Crippen LogP) is 0.884. The number of carbonyl (C=O) groups excluding carboxylic acids is 1. The van der Waals surface area contributed by atoms with Gasteiger partial charge in [0.25, 0.3) is 0 Å². The highest BCUT2D eigenvalue weighted by atomic mass is 16.2. The maximum Gasteiger partial charge on any atom is 0.317 e. The Kier molecular flexibility index (Phi) is 2.63. The maximum atomic E-state index is 11.5. The monoisotopic (exact) mass is 211 g/mol. The third-order valence-electron chi connectivity index (χ3n) is 3.60. The number of urea groups is 1. The van der Waals surface area contributed by atoms with Crippen LogP contribution < -0.4 is 5.32 Å². The van der Waals surface area contributed by atoms with Gasteiger partial charge in [-0.3, -0.25) is 4.90 Å². The van der Waals surface area contributed by atoms with Crippen LogP contribution in [-0.4, -0.2) is 54.1 Å². The first kappa shape index (κ1) is 10.7. The molecule has 1 unspecified atom stereocenters. The van der Waals surface area contributed by atoms with Crippen molar-refractivity contribution < 1.29 is 4.79 Å². The highest BCUT2D eigenvalue weighted by Crippen LogP contribution is 2.27. The minimum absolute atomic E-state index is 0.0222. The molecular weight excluding hydrogens is 190 g/mol. The summed E-state index contributed by atoms with van der Waals surface area (Å²) in [7, 11) is 1.87. The van der Waals surface area contributed by atoms with Gasteiger partial charge in [-0.2, -0.15) is 0 Å². The SMILES string of the molecule is CC(C)N1CCCC2(CN(C)C(=O)N2)C1. The number of nitrogens with zero attached hydrogens (tertiary/aromatic N) is 2. The summed E-state index contributed by atoms with van der Waals surface area (Å²) in [4.78, 5) is 15.8. The average Bonchev–Trinajstić information content (AvgIpc) is 2.42. The van der Waals surface area contributed by atoms with Gasteiger partial charge in [0.05, 0.1) is 5.54 Å². The van der Waals surface area contributed by atoms with Crippen molar-refractivity contribution in [1.82, 2.24) is 15.1 Å². The lowest BCUT2D eigenvalue weighted by Gasteiger charge is -2.41. The van der Waals surface area contributed by atoms with Crippen LogP contribution in [0.25, 0.3) is 0 Å². The van der Waals surface area contributed by atoms with E-state index in [-0.39, 0.29) is 11.6 Å². The van der Waals surface area contributed by atoms with Crippen LogP contribution in [0.2, 0.25) is 0 Å². The number of hydrogen-bond donors (Lipinski definition) is 1. The Morgan fingerprint density at radius 3 is 2.67 bits per heavy atom. The molecule has 0 aliphatic carbocycles. The van der Waals surface area contributed by atoms with Crippen LogP contribution in [0.5, 0.6) is 0 Å². The number of piperidine rings is 1. The summed E-state index contributed by atoms with van der Waals surface area (Å²) >= 11 is 0. The zero-order chi connectivity index (χ0) is 11.1. The molecule has 0 saturated carbocycles. The molecule has 2 aliphatic rings. The van der Waals surface area contributed by atoms with Crippen molar-refractivity contribution in [3.05, 3.63) is 0 Å². The molecule has 1 spiro atoms. The second kappa shape index (κ2) is 3.67. The highest BCUT2D eigenvalue weighted by Gasteiger charge is 2.43. The van der Waals surface area contributed by atoms with Crippen LogP contribution in [0.3, 0.4) is 0 Å². The Bertz CT molecular complexity index is 267. The molecule has 2 amide bonds. The van der Waals surface area contributed by atoms with Gasteiger partial charge in [-0.15, -0.1) is 0 Å². The van der Waals surface area contributed by atoms with E-state index >= 15 is 0 Å². The van der Waals surface area contributed by atoms with E-state index < -0.39 is 0 Å². The molecule has 4 heteroatoms. The van der Waals surface area contributed by atoms with Crippen LogP contribution in [0.4, 0.5) is 4.79 Å². The summed E-state index contributed by atoms with van der Waals surface area (Å²) in [6.07, 6.45) is 2.30. The van der Waals surface area contributed by atoms with Gasteiger partial charge in [0.2, 0.25) is 0 Å². The molecule has 1 N–H and O–H groups in total. The van der Waals surface area contributed by atoms with Gasteiger partial charge in [-0.1, -0.05) is 0 Å². The van der Waals surface area contributed by atoms with Crippen LogP contribution in [0.1, 0.15) is 26.7 Å². The van der Waals surface area contributed by atoms with E-state index in [9.17, 15) is 4.79 Å². The number of likely N-dealkylation sites (N-methyl/N-ethyl adjacent to an activating group) is 1. The largest absolute Gasteiger partial charge is 0.329 e. The smallest absolute Gasteiger partial charge is 0.317 e. The summed E-state index contributed by atoms with van der Waals surface area (Å²) in [5, 5.41) is 3.15. The summed E-state index contributed by atoms with van der Waals surface area (Å²) in [6, 6.07) is 0.658. The second-order valence-electron chi connectivity index (χ2n) is 5.23. The number of amides is 2. The number of carbonyl (C=O) groups is 1. The van der Waals surface area contributed by atoms with Gasteiger partial charge < -0.3 is 10.2 Å². The van der Waals surface area contributed by atoms with E-state index in [1.807, 2.05) is 7.05 Å². The van der Waals surface area contributed by atoms with Crippen molar-refractivity contribution in [3.8, 4) is 0 Å². The van der Waals surface area contributed by atoms with E-state index in [0.717, 1.165) is 19.5 Å². The Morgan fingerprint density at radius 2 is 2.13 bits per heavy atom. The number of nitrogens with one attached hydrogen (secondary N) is 1. The first-order chi connectivity index (χ1) is 7.02. The molecular formula is C11H21N3O. The third kappa shape index (κ3) is 1.95. The molecule has 0 aromatic carbocycles. The number of hydrogen-bond acceptors (Lipinski definition) is 2. The van der Waals surface area contributed by atoms with E-state index in [2.05, 4.69) is 24.1 Å². The quantitative estimate of drug-likeness (QED) is 0.699. The van der Waals surface area contributed by atoms with Crippen LogP contribution >= 0.6 is 0 Å². The molecule has 2 rings (SSSR count). The van der Waals surface area contributed by atoms with Gasteiger partial charge in [-0.05, 0) is 33.2 Å². The Hall–Kier alpha value is -0.770. The second-order valence-corrected chi connectivity index (χ2v) is 5.23. The van der Waals surface area contributed by atoms with E-state index in [4.69, 9.17) is 0 Å². The molecule has 0 radical (unpaired) electrons. The summed E-state index contributed by atoms with van der Waals surface area (Å²) < 4.78 is 0. The zero-order valence-electron chi connectivity index (χ0n) is 9.92. The van der Waals surface area contributed by atoms with E-state index in [1.54, 1.807) is 4.90 Å². The average molecular weight is 211 g/mol. The predicted molar refractivity (Wildman–Crippen MR) is 59.8 cm³/mol. The molecule has 2 fully saturated rings. The lowest BCUT2D eigenvalue weighted by atomic mass is 9.89. The topological polar surface area (TPSA) is 35.6 Å². The lowest BCUT2D eigenvalue weighted by molar-refractivity contribution is 0.110. The maximum absolute atomic E-state index is 11.5. The van der Waals surface area contributed by atoms with Crippen molar-refractivity contribution in [2.75, 3.05) is 26.7 Å². The summed E-state index contributed by atoms with van der Waals surface area (Å²) in [5.41, 5.74) is 0.0222. The Balaban J connectivity index is 2.06. The Morgan fingerprint density at radius 1 is 1.40 bits per heavy atom. The molecule has 86 valence electrons. The standard InChI is InChI=1S/C11H21N3O/c1-9(2)14-6-4-5-11(8-14)7-13(3)10(15)12-11/h9H,4-8H2,1-3H3,(H,12,15). The molecule has 0 aromatic rings. The van der Waals surface area contributed by atoms with Crippen molar-refractivity contribution in [3.63, 3.8) is 0 Å². The lowest BCUT2D eigenvalue weighted by Crippen LogP contribution is -2.57. The normalized spacial score (nSPS) is 32.8. The fourth-order valence-electron chi connectivity index (χ4n) is 2.73. The minimum Gasteiger partial charge on any atom is -0.329 e. The van der Waals surface area contributed by atoms with Gasteiger partial charge in [-0.25, -0.2) is 4.79 Å². The van der Waals surface area contributed by atoms with Crippen molar-refractivity contribution in [2.45, 2.75) is 38.3 Å². The summed E-state index contributed by atoms with van der Waals surface area (Å²) in [5.74, 6) is 0. The molecule has 2 saturated heterocycles. The molecule has 0 bridgehead atoms. The molecule has 2 heterocycles. The van der Waals surface area contributed by atoms with Gasteiger partial charge in [0.1, 0.15) is 0 Å². The van der Waals surface area contributed by atoms with Gasteiger partial charge in [0, 0.05) is 26.2 Å². The van der Waals surface area contributed by atoms with Crippen molar-refractivity contribution >= 4 is 6.03 Å². The zero-order valence-corrected chi connectivity index (χ0v) is 9.92. The number of likely N-dealkylation sites (tertiary alicyclic amines) is 1. The summed E-state index contributed by atoms with van der Waals surface area (Å²) in [6.45, 7) is 7.47. The first-order valence-electron chi connectivity index (χ1n) is 5.80. The first-order valence-corrected chi connectivity index (χ1v) is 5.80. The molecule has 1 atom stereocenters. The van der Waals surface area contributed by atoms with E-state index in [1.165, 1.54) is 13.0 Å². The van der Waals surface area contributed by atoms with Crippen LogP contribution in [0.15, 0.2) is 0 Å². The Labute approximate surface area is 91.6 Å². The number of rotatable bonds is 1. The third-order valence-corrected chi connectivity index (χ3v) is 3.60. The van der Waals surface area contributed by atoms with E-state index in [0.29, 0.717) is 6.04 Å². The minimum atomic E-state index is 0.0222. The van der Waals surface area contributed by atoms with Crippen molar-refractivity contribution in [1.29, 1.82) is 0 Å². The molecule has 15 heavy (non-hydrogen) atoms. The van der Waals surface area contributed by atoms with Gasteiger partial charge >= 0.3 is 6.03 Å². The van der Waals surface area contributed by atoms with Gasteiger partial charge in [0.15, 0.2) is 0 Å². The highest BCUT2D eigenvalue weighted by molar-refractivity contribution is 5.77. The molecule has 4 nitrogen and oxygen atoms in total. The fraction of sp³-hybridized carbons (Fsp3) is 0.909. The van der Waals surface area contributed by atoms with Crippen LogP contribution in [-0.2, 0) is 0 Å². The van der Waals surface area contributed by atoms with Crippen LogP contribution in [0, 0.1) is 0 Å². The van der Waals surface area contributed by atoms with Crippen molar-refractivity contribution in [2.24, 2.45) is 0 Å². The molecule has 0 aromatic heterocycles.